The second kappa shape index (κ2) is 8.18. The molecule has 0 saturated heterocycles. The van der Waals surface area contributed by atoms with Gasteiger partial charge in [-0.3, -0.25) is 0 Å². The van der Waals surface area contributed by atoms with Gasteiger partial charge in [-0.05, 0) is 32.0 Å². The second-order valence-corrected chi connectivity index (χ2v) is 4.28. The Bertz CT molecular complexity index is 305. The standard InChI is InChI=1S/C9H13N.C5H10F2/c1-8-5-3-4-6-9(8)7-10-2;1-3-4-5(2,6)7/h3-6,10H,7H2,1-2H3;3-4H2,1-2H3. The van der Waals surface area contributed by atoms with Crippen molar-refractivity contribution in [1.29, 1.82) is 0 Å². The summed E-state index contributed by atoms with van der Waals surface area (Å²) in [5.41, 5.74) is 2.74. The van der Waals surface area contributed by atoms with Crippen LogP contribution in [-0.4, -0.2) is 13.0 Å². The zero-order chi connectivity index (χ0) is 13.3. The van der Waals surface area contributed by atoms with E-state index in [2.05, 4.69) is 36.5 Å². The lowest BCUT2D eigenvalue weighted by molar-refractivity contribution is 0.0123. The first kappa shape index (κ1) is 16.0. The van der Waals surface area contributed by atoms with Crippen LogP contribution in [0.25, 0.3) is 0 Å². The summed E-state index contributed by atoms with van der Waals surface area (Å²) < 4.78 is 23.4. The molecule has 0 aliphatic carbocycles. The molecule has 0 spiro atoms. The first-order valence-electron chi connectivity index (χ1n) is 5.97. The molecule has 1 rings (SSSR count). The molecule has 0 amide bonds. The maximum Gasteiger partial charge on any atom is 0.245 e. The lowest BCUT2D eigenvalue weighted by Crippen LogP contribution is -2.07. The van der Waals surface area contributed by atoms with Crippen molar-refractivity contribution >= 4 is 0 Å². The largest absolute Gasteiger partial charge is 0.316 e. The summed E-state index contributed by atoms with van der Waals surface area (Å²) in [6.45, 7) is 5.78. The van der Waals surface area contributed by atoms with Crippen LogP contribution in [0.15, 0.2) is 24.3 Å². The molecule has 0 aliphatic rings. The van der Waals surface area contributed by atoms with E-state index in [0.29, 0.717) is 6.42 Å². The van der Waals surface area contributed by atoms with E-state index in [1.807, 2.05) is 7.05 Å². The second-order valence-electron chi connectivity index (χ2n) is 4.28. The van der Waals surface area contributed by atoms with Gasteiger partial charge in [0, 0.05) is 13.0 Å². The average molecular weight is 243 g/mol. The molecule has 3 heteroatoms. The van der Waals surface area contributed by atoms with Crippen LogP contribution in [0.5, 0.6) is 0 Å². The van der Waals surface area contributed by atoms with Crippen LogP contribution in [0.4, 0.5) is 8.78 Å². The molecule has 0 saturated carbocycles. The Kier molecular flexibility index (Phi) is 7.72. The Morgan fingerprint density at radius 1 is 1.24 bits per heavy atom. The Morgan fingerprint density at radius 3 is 2.18 bits per heavy atom. The molecule has 0 atom stereocenters. The molecule has 0 unspecified atom stereocenters. The first-order valence-corrected chi connectivity index (χ1v) is 5.97. The van der Waals surface area contributed by atoms with E-state index in [-0.39, 0.29) is 6.42 Å². The molecule has 0 fully saturated rings. The third-order valence-electron chi connectivity index (χ3n) is 2.32. The van der Waals surface area contributed by atoms with Gasteiger partial charge >= 0.3 is 0 Å². The van der Waals surface area contributed by atoms with Crippen molar-refractivity contribution in [3.8, 4) is 0 Å². The molecule has 17 heavy (non-hydrogen) atoms. The molecule has 1 N–H and O–H groups in total. The van der Waals surface area contributed by atoms with Crippen molar-refractivity contribution in [2.75, 3.05) is 7.05 Å². The van der Waals surface area contributed by atoms with Crippen molar-refractivity contribution in [3.63, 3.8) is 0 Å². The Balaban J connectivity index is 0.000000325. The Labute approximate surface area is 103 Å². The van der Waals surface area contributed by atoms with Gasteiger partial charge in [0.05, 0.1) is 0 Å². The molecular formula is C14H23F2N. The minimum atomic E-state index is -2.45. The van der Waals surface area contributed by atoms with Gasteiger partial charge in [0.25, 0.3) is 0 Å². The fraction of sp³-hybridized carbons (Fsp3) is 0.571. The summed E-state index contributed by atoms with van der Waals surface area (Å²) in [7, 11) is 1.96. The van der Waals surface area contributed by atoms with E-state index in [4.69, 9.17) is 0 Å². The maximum atomic E-state index is 11.7. The van der Waals surface area contributed by atoms with Crippen molar-refractivity contribution in [2.24, 2.45) is 0 Å². The third-order valence-corrected chi connectivity index (χ3v) is 2.32. The zero-order valence-electron chi connectivity index (χ0n) is 11.2. The average Bonchev–Trinajstić information content (AvgIpc) is 2.21. The van der Waals surface area contributed by atoms with Crippen LogP contribution in [0.2, 0.25) is 0 Å². The van der Waals surface area contributed by atoms with Crippen LogP contribution in [0, 0.1) is 6.92 Å². The number of hydrogen-bond acceptors (Lipinski definition) is 1. The summed E-state index contributed by atoms with van der Waals surface area (Å²) in [4.78, 5) is 0. The molecule has 0 heterocycles. The predicted octanol–water partition coefficient (Wildman–Crippen LogP) is 4.16. The van der Waals surface area contributed by atoms with Crippen LogP contribution in [0.1, 0.15) is 37.8 Å². The first-order chi connectivity index (χ1) is 7.90. The van der Waals surface area contributed by atoms with Gasteiger partial charge in [0.1, 0.15) is 0 Å². The molecule has 1 aromatic carbocycles. The molecule has 0 aliphatic heterocycles. The summed E-state index contributed by atoms with van der Waals surface area (Å²) in [6, 6.07) is 8.41. The van der Waals surface area contributed by atoms with E-state index in [1.165, 1.54) is 11.1 Å². The zero-order valence-corrected chi connectivity index (χ0v) is 11.2. The van der Waals surface area contributed by atoms with Crippen LogP contribution in [0.3, 0.4) is 0 Å². The molecule has 1 aromatic rings. The van der Waals surface area contributed by atoms with Gasteiger partial charge < -0.3 is 5.32 Å². The highest BCUT2D eigenvalue weighted by atomic mass is 19.3. The molecule has 0 radical (unpaired) electrons. The van der Waals surface area contributed by atoms with Crippen molar-refractivity contribution in [2.45, 2.75) is 46.1 Å². The molecule has 0 bridgehead atoms. The summed E-state index contributed by atoms with van der Waals surface area (Å²) in [5.74, 6) is -2.45. The fourth-order valence-corrected chi connectivity index (χ4v) is 1.44. The molecule has 98 valence electrons. The van der Waals surface area contributed by atoms with E-state index >= 15 is 0 Å². The van der Waals surface area contributed by atoms with Gasteiger partial charge in [-0.1, -0.05) is 37.6 Å². The number of nitrogens with one attached hydrogen (secondary N) is 1. The summed E-state index contributed by atoms with van der Waals surface area (Å²) in [6.07, 6.45) is 0.566. The van der Waals surface area contributed by atoms with E-state index in [1.54, 1.807) is 6.92 Å². The summed E-state index contributed by atoms with van der Waals surface area (Å²) >= 11 is 0. The van der Waals surface area contributed by atoms with Gasteiger partial charge in [-0.2, -0.15) is 0 Å². The number of hydrogen-bond donors (Lipinski definition) is 1. The normalized spacial score (nSPS) is 10.7. The molecule has 1 nitrogen and oxygen atoms in total. The van der Waals surface area contributed by atoms with Crippen LogP contribution < -0.4 is 5.32 Å². The third kappa shape index (κ3) is 8.81. The van der Waals surface area contributed by atoms with E-state index in [9.17, 15) is 8.78 Å². The van der Waals surface area contributed by atoms with E-state index in [0.717, 1.165) is 13.5 Å². The lowest BCUT2D eigenvalue weighted by Gasteiger charge is -2.05. The van der Waals surface area contributed by atoms with Gasteiger partial charge in [0.15, 0.2) is 0 Å². The number of rotatable bonds is 4. The van der Waals surface area contributed by atoms with Crippen molar-refractivity contribution in [1.82, 2.24) is 5.32 Å². The van der Waals surface area contributed by atoms with Crippen LogP contribution >= 0.6 is 0 Å². The number of benzene rings is 1. The van der Waals surface area contributed by atoms with Crippen molar-refractivity contribution < 1.29 is 8.78 Å². The quantitative estimate of drug-likeness (QED) is 0.837. The number of aryl methyl sites for hydroxylation is 1. The monoisotopic (exact) mass is 243 g/mol. The predicted molar refractivity (Wildman–Crippen MR) is 69.5 cm³/mol. The SMILES string of the molecule is CCCC(C)(F)F.CNCc1ccccc1C. The molecular weight excluding hydrogens is 220 g/mol. The minimum absolute atomic E-state index is 0.00694. The Hall–Kier alpha value is -0.960. The summed E-state index contributed by atoms with van der Waals surface area (Å²) in [5, 5.41) is 3.12. The van der Waals surface area contributed by atoms with Gasteiger partial charge in [-0.25, -0.2) is 8.78 Å². The number of halogens is 2. The molecule has 0 aromatic heterocycles. The highest BCUT2D eigenvalue weighted by molar-refractivity contribution is 5.25. The Morgan fingerprint density at radius 2 is 1.82 bits per heavy atom. The van der Waals surface area contributed by atoms with Gasteiger partial charge in [-0.15, -0.1) is 0 Å². The highest BCUT2D eigenvalue weighted by Gasteiger charge is 2.17. The highest BCUT2D eigenvalue weighted by Crippen LogP contribution is 2.17. The van der Waals surface area contributed by atoms with Gasteiger partial charge in [0.2, 0.25) is 5.92 Å². The fourth-order valence-electron chi connectivity index (χ4n) is 1.44. The van der Waals surface area contributed by atoms with E-state index < -0.39 is 5.92 Å². The topological polar surface area (TPSA) is 12.0 Å². The van der Waals surface area contributed by atoms with Crippen LogP contribution in [-0.2, 0) is 6.54 Å². The van der Waals surface area contributed by atoms with Crippen molar-refractivity contribution in [3.05, 3.63) is 35.4 Å². The smallest absolute Gasteiger partial charge is 0.245 e. The maximum absolute atomic E-state index is 11.7. The number of alkyl halides is 2. The lowest BCUT2D eigenvalue weighted by atomic mass is 10.1. The minimum Gasteiger partial charge on any atom is -0.316 e.